The third-order valence-corrected chi connectivity index (χ3v) is 8.37. The second-order valence-corrected chi connectivity index (χ2v) is 11.6. The molecule has 2 nitrogen and oxygen atoms in total. The Hall–Kier alpha value is -6.90. The number of fused-ring (bicyclic) bond motifs is 4. The van der Waals surface area contributed by atoms with Gasteiger partial charge in [-0.25, -0.2) is 9.97 Å². The first-order valence-corrected chi connectivity index (χ1v) is 15.9. The largest absolute Gasteiger partial charge is 0.228 e. The third kappa shape index (κ3) is 5.75. The number of hydrogen-bond acceptors (Lipinski definition) is 2. The Kier molecular flexibility index (Phi) is 2.83. The van der Waals surface area contributed by atoms with Gasteiger partial charge < -0.3 is 0 Å². The highest BCUT2D eigenvalue weighted by atomic mass is 14.9. The minimum Gasteiger partial charge on any atom is -0.228 e. The van der Waals surface area contributed by atoms with E-state index in [1.54, 1.807) is 0 Å². The molecule has 0 saturated carbocycles. The Bertz CT molecular complexity index is 4870. The summed E-state index contributed by atoms with van der Waals surface area (Å²) in [6, 6.07) is -36.5. The standard InChI is InChI=1S/C53H38N2/c1-53(2)48-23-12-11-22-45(48)46-29-28-40(33-49(46)53)39-18-13-19-41(32-39)42-30-31-47(44-21-10-9-20-43(42)44)51-34-50(54-52(55-51)38-16-7-4-8-17-38)37-26-24-36(25-27-37)35-14-5-3-6-15-35/h3-34H,1-2H3/i1D3,2D3,3D,4D,5D,6D,7D,8D,9D,10D,11D,12D,13D,14D,15D,16D,17D,18D,19D,20D,21D,22D,23D,24D,25D,26D,27D,28D,29D,30D,31D,32D,33D,34D. The first-order chi connectivity index (χ1) is 42.9. The lowest BCUT2D eigenvalue weighted by atomic mass is 9.81. The quantitative estimate of drug-likeness (QED) is 0.170. The molecule has 0 radical (unpaired) electrons. The molecule has 1 aromatic heterocycles. The van der Waals surface area contributed by atoms with Gasteiger partial charge in [0, 0.05) is 30.3 Å². The Morgan fingerprint density at radius 3 is 1.67 bits per heavy atom. The van der Waals surface area contributed by atoms with Crippen molar-refractivity contribution in [3.63, 3.8) is 0 Å². The van der Waals surface area contributed by atoms with Crippen LogP contribution in [0.1, 0.15) is 76.9 Å². The van der Waals surface area contributed by atoms with E-state index in [9.17, 15) is 17.8 Å². The normalized spacial score (nSPS) is 22.9. The summed E-state index contributed by atoms with van der Waals surface area (Å²) >= 11 is 0. The summed E-state index contributed by atoms with van der Waals surface area (Å²) < 4.78 is 341. The molecule has 0 N–H and O–H groups in total. The fourth-order valence-corrected chi connectivity index (χ4v) is 5.85. The third-order valence-electron chi connectivity index (χ3n) is 8.37. The van der Waals surface area contributed by atoms with Crippen LogP contribution in [-0.4, -0.2) is 9.97 Å². The van der Waals surface area contributed by atoms with Crippen LogP contribution in [0.3, 0.4) is 0 Å². The van der Waals surface area contributed by atoms with Crippen LogP contribution in [0.15, 0.2) is 193 Å². The van der Waals surface area contributed by atoms with E-state index in [4.69, 9.17) is 34.3 Å². The molecule has 260 valence electrons. The van der Waals surface area contributed by atoms with E-state index in [1.165, 1.54) is 0 Å². The monoisotopic (exact) mass is 741 g/mol. The minimum atomic E-state index is -3.94. The molecule has 0 amide bonds. The highest BCUT2D eigenvalue weighted by Gasteiger charge is 2.35. The summed E-state index contributed by atoms with van der Waals surface area (Å²) in [4.78, 5) is 8.57. The molecular weight excluding hydrogens is 665 g/mol. The lowest BCUT2D eigenvalue weighted by Gasteiger charge is -2.22. The lowest BCUT2D eigenvalue weighted by Crippen LogP contribution is -2.14. The molecule has 55 heavy (non-hydrogen) atoms. The average molecular weight is 741 g/mol. The van der Waals surface area contributed by atoms with Gasteiger partial charge in [0.05, 0.1) is 55.3 Å². The maximum Gasteiger partial charge on any atom is 0.160 e. The van der Waals surface area contributed by atoms with Crippen LogP contribution >= 0.6 is 0 Å². The second-order valence-electron chi connectivity index (χ2n) is 11.6. The topological polar surface area (TPSA) is 25.8 Å². The first kappa shape index (κ1) is 11.8. The summed E-state index contributed by atoms with van der Waals surface area (Å²) in [6.07, 6.45) is 0. The predicted octanol–water partition coefficient (Wildman–Crippen LogP) is 13.9. The highest BCUT2D eigenvalue weighted by Crippen LogP contribution is 2.49. The lowest BCUT2D eigenvalue weighted by molar-refractivity contribution is 0.660. The van der Waals surface area contributed by atoms with Crippen LogP contribution in [0.2, 0.25) is 0 Å². The van der Waals surface area contributed by atoms with Crippen molar-refractivity contribution in [1.29, 1.82) is 0 Å². The van der Waals surface area contributed by atoms with Crippen molar-refractivity contribution in [3.05, 3.63) is 204 Å². The van der Waals surface area contributed by atoms with Gasteiger partial charge in [0.1, 0.15) is 0 Å². The smallest absolute Gasteiger partial charge is 0.160 e. The second kappa shape index (κ2) is 13.2. The van der Waals surface area contributed by atoms with E-state index in [0.29, 0.717) is 0 Å². The van der Waals surface area contributed by atoms with Crippen molar-refractivity contribution in [2.45, 2.75) is 19.1 Å². The van der Waals surface area contributed by atoms with Crippen LogP contribution in [0.25, 0.3) is 89.2 Å². The number of benzene rings is 8. The van der Waals surface area contributed by atoms with E-state index in [1.807, 2.05) is 0 Å². The number of nitrogens with zero attached hydrogens (tertiary/aromatic N) is 2. The van der Waals surface area contributed by atoms with Gasteiger partial charge in [-0.15, -0.1) is 0 Å². The van der Waals surface area contributed by atoms with Gasteiger partial charge in [-0.05, 0) is 84.5 Å². The Morgan fingerprint density at radius 1 is 0.364 bits per heavy atom. The van der Waals surface area contributed by atoms with Crippen LogP contribution in [0.5, 0.6) is 0 Å². The molecule has 9 aromatic rings. The van der Waals surface area contributed by atoms with E-state index in [-0.39, 0.29) is 0 Å². The molecule has 0 spiro atoms. The van der Waals surface area contributed by atoms with Gasteiger partial charge in [-0.3, -0.25) is 0 Å². The number of rotatable bonds is 6. The summed E-state index contributed by atoms with van der Waals surface area (Å²) in [5.41, 5.74) is -19.1. The Morgan fingerprint density at radius 2 is 0.891 bits per heavy atom. The van der Waals surface area contributed by atoms with Crippen molar-refractivity contribution in [2.24, 2.45) is 0 Å². The van der Waals surface area contributed by atoms with Gasteiger partial charge in [-0.2, -0.15) is 0 Å². The fraction of sp³-hybridized carbons (Fsp3) is 0.0566. The maximum atomic E-state index is 9.84. The molecule has 0 unspecified atom stereocenters. The molecule has 0 aliphatic heterocycles. The molecule has 8 aromatic carbocycles. The van der Waals surface area contributed by atoms with Gasteiger partial charge in [0.2, 0.25) is 0 Å². The van der Waals surface area contributed by atoms with Crippen LogP contribution in [0, 0.1) is 0 Å². The highest BCUT2D eigenvalue weighted by molar-refractivity contribution is 6.05. The minimum absolute atomic E-state index is 0.807. The molecule has 0 fully saturated rings. The van der Waals surface area contributed by atoms with Crippen LogP contribution < -0.4 is 0 Å². The molecule has 10 rings (SSSR count). The summed E-state index contributed by atoms with van der Waals surface area (Å²) in [7, 11) is 0. The molecule has 0 atom stereocenters. The molecule has 1 heterocycles. The molecule has 2 heteroatoms. The zero-order chi connectivity index (χ0) is 69.8. The van der Waals surface area contributed by atoms with E-state index >= 15 is 0 Å². The SMILES string of the molecule is [2H]c1c(-c2c([2H])c([2H])c(-c3c([2H])c([2H])c([2H])c([2H])c3[2H])c([2H])c2[2H])nc(-c2c([2H])c([2H])c([2H])c([2H])c2[2H])nc1-c1c([2H])c([2H])c(-c2c([2H])c([2H])c([2H])c(-c3c([2H])c([2H])c4c(c3[2H])C(C([2H])([2H])[2H])(C([2H])([2H])[2H])c3c([2H])c([2H])c([2H])c([2H])c3-4)c2[2H])c2c([2H])c([2H])c([2H])c([2H])c12. The van der Waals surface area contributed by atoms with E-state index in [0.717, 1.165) is 0 Å². The van der Waals surface area contributed by atoms with Gasteiger partial charge in [0.15, 0.2) is 5.82 Å². The predicted molar refractivity (Wildman–Crippen MR) is 230 cm³/mol. The van der Waals surface area contributed by atoms with Gasteiger partial charge in [0.25, 0.3) is 0 Å². The van der Waals surface area contributed by atoms with E-state index in [2.05, 4.69) is 9.97 Å². The van der Waals surface area contributed by atoms with Crippen LogP contribution in [0.4, 0.5) is 0 Å². The Balaban J connectivity index is 1.37. The number of aromatic nitrogens is 2. The fourth-order valence-electron chi connectivity index (χ4n) is 5.85. The van der Waals surface area contributed by atoms with Crippen LogP contribution in [-0.2, 0) is 5.41 Å². The first-order valence-electron chi connectivity index (χ1n) is 34.9. The van der Waals surface area contributed by atoms with Gasteiger partial charge in [-0.1, -0.05) is 189 Å². The Labute approximate surface area is 375 Å². The molecule has 0 saturated heterocycles. The summed E-state index contributed by atoms with van der Waals surface area (Å²) in [6.45, 7) is -7.89. The van der Waals surface area contributed by atoms with Crippen molar-refractivity contribution in [2.75, 3.05) is 0 Å². The molecule has 1 aliphatic carbocycles. The van der Waals surface area contributed by atoms with Gasteiger partial charge >= 0.3 is 0 Å². The molecular formula is C53H38N2. The van der Waals surface area contributed by atoms with Crippen molar-refractivity contribution in [3.8, 4) is 78.4 Å². The van der Waals surface area contributed by atoms with E-state index < -0.39 is 313 Å². The molecule has 1 aliphatic rings. The molecule has 0 bridgehead atoms. The zero-order valence-electron chi connectivity index (χ0n) is 65.4. The maximum absolute atomic E-state index is 9.84. The average Bonchev–Trinajstić information content (AvgIpc) is 1.60. The number of hydrogen-bond donors (Lipinski definition) is 0. The summed E-state index contributed by atoms with van der Waals surface area (Å²) in [5, 5.41) is -1.97. The van der Waals surface area contributed by atoms with Crippen molar-refractivity contribution in [1.82, 2.24) is 9.97 Å². The van der Waals surface area contributed by atoms with Crippen molar-refractivity contribution >= 4 is 10.8 Å². The van der Waals surface area contributed by atoms with Crippen molar-refractivity contribution < 1.29 is 52.1 Å². The zero-order valence-corrected chi connectivity index (χ0v) is 27.4. The summed E-state index contributed by atoms with van der Waals surface area (Å²) in [5.74, 6) is -1.04.